The Morgan fingerprint density at radius 2 is 2.06 bits per heavy atom. The van der Waals surface area contributed by atoms with Crippen LogP contribution in [0.25, 0.3) is 10.9 Å². The highest BCUT2D eigenvalue weighted by atomic mass is 35.5. The molecule has 92 valence electrons. The molecule has 0 aliphatic carbocycles. The molecular weight excluding hydrogens is 234 g/mol. The summed E-state index contributed by atoms with van der Waals surface area (Å²) in [6, 6.07) is 6.11. The maximum absolute atomic E-state index is 9.46. The van der Waals surface area contributed by atoms with E-state index in [4.69, 9.17) is 11.6 Å². The quantitative estimate of drug-likeness (QED) is 0.883. The van der Waals surface area contributed by atoms with Crippen molar-refractivity contribution in [2.45, 2.75) is 33.9 Å². The summed E-state index contributed by atoms with van der Waals surface area (Å²) in [4.78, 5) is 0. The fraction of sp³-hybridized carbons (Fsp3) is 0.429. The van der Waals surface area contributed by atoms with Crippen molar-refractivity contribution < 1.29 is 5.11 Å². The maximum Gasteiger partial charge on any atom is 0.115 e. The van der Waals surface area contributed by atoms with E-state index in [0.29, 0.717) is 11.1 Å². The van der Waals surface area contributed by atoms with Crippen molar-refractivity contribution in [1.29, 1.82) is 0 Å². The standard InChI is InChI=1S/C14H18ClNO/c1-9(2)7-16-13-10(3)5-4-6-11(13)12(8-17)14(16)15/h4-6,9,17H,7-8H2,1-3H3. The van der Waals surface area contributed by atoms with Gasteiger partial charge in [0.25, 0.3) is 0 Å². The number of rotatable bonds is 3. The van der Waals surface area contributed by atoms with E-state index >= 15 is 0 Å². The van der Waals surface area contributed by atoms with Gasteiger partial charge in [-0.15, -0.1) is 0 Å². The van der Waals surface area contributed by atoms with E-state index in [-0.39, 0.29) is 6.61 Å². The number of aromatic nitrogens is 1. The Balaban J connectivity index is 2.76. The normalized spacial score (nSPS) is 11.6. The Kier molecular flexibility index (Phi) is 3.45. The van der Waals surface area contributed by atoms with Gasteiger partial charge in [-0.05, 0) is 18.4 Å². The summed E-state index contributed by atoms with van der Waals surface area (Å²) in [6.45, 7) is 7.28. The minimum Gasteiger partial charge on any atom is -0.392 e. The van der Waals surface area contributed by atoms with Crippen LogP contribution in [0.2, 0.25) is 5.15 Å². The van der Waals surface area contributed by atoms with Gasteiger partial charge in [-0.2, -0.15) is 0 Å². The Morgan fingerprint density at radius 1 is 1.35 bits per heavy atom. The SMILES string of the molecule is Cc1cccc2c(CO)c(Cl)n(CC(C)C)c12. The molecule has 0 aliphatic heterocycles. The number of aliphatic hydroxyl groups is 1. The lowest BCUT2D eigenvalue weighted by molar-refractivity contribution is 0.283. The second-order valence-electron chi connectivity index (χ2n) is 4.90. The van der Waals surface area contributed by atoms with Gasteiger partial charge in [0.1, 0.15) is 5.15 Å². The highest BCUT2D eigenvalue weighted by Gasteiger charge is 2.16. The largest absolute Gasteiger partial charge is 0.392 e. The van der Waals surface area contributed by atoms with Gasteiger partial charge >= 0.3 is 0 Å². The third kappa shape index (κ3) is 2.07. The fourth-order valence-electron chi connectivity index (χ4n) is 2.32. The Hall–Kier alpha value is -0.990. The molecule has 2 aromatic rings. The highest BCUT2D eigenvalue weighted by Crippen LogP contribution is 2.32. The van der Waals surface area contributed by atoms with E-state index in [9.17, 15) is 5.11 Å². The molecule has 0 saturated carbocycles. The highest BCUT2D eigenvalue weighted by molar-refractivity contribution is 6.32. The number of fused-ring (bicyclic) bond motifs is 1. The van der Waals surface area contributed by atoms with Gasteiger partial charge in [-0.3, -0.25) is 0 Å². The van der Waals surface area contributed by atoms with E-state index < -0.39 is 0 Å². The third-order valence-corrected chi connectivity index (χ3v) is 3.46. The zero-order valence-corrected chi connectivity index (χ0v) is 11.3. The summed E-state index contributed by atoms with van der Waals surface area (Å²) in [6.07, 6.45) is 0. The molecule has 0 radical (unpaired) electrons. The minimum atomic E-state index is -0.0100. The molecule has 0 bridgehead atoms. The molecule has 0 spiro atoms. The van der Waals surface area contributed by atoms with Crippen molar-refractivity contribution in [3.63, 3.8) is 0 Å². The molecule has 1 N–H and O–H groups in total. The van der Waals surface area contributed by atoms with Crippen molar-refractivity contribution >= 4 is 22.5 Å². The molecule has 0 amide bonds. The summed E-state index contributed by atoms with van der Waals surface area (Å²) in [5.74, 6) is 0.522. The smallest absolute Gasteiger partial charge is 0.115 e. The molecule has 3 heteroatoms. The lowest BCUT2D eigenvalue weighted by atomic mass is 10.1. The predicted octanol–water partition coefficient (Wildman–Crippen LogP) is 3.75. The molecule has 1 heterocycles. The predicted molar refractivity (Wildman–Crippen MR) is 72.4 cm³/mol. The van der Waals surface area contributed by atoms with Crippen LogP contribution in [0.5, 0.6) is 0 Å². The molecule has 2 nitrogen and oxygen atoms in total. The van der Waals surface area contributed by atoms with E-state index in [1.54, 1.807) is 0 Å². The molecule has 0 atom stereocenters. The molecular formula is C14H18ClNO. The Bertz CT molecular complexity index is 543. The van der Waals surface area contributed by atoms with Crippen molar-refractivity contribution in [1.82, 2.24) is 4.57 Å². The molecule has 1 aromatic carbocycles. The number of aryl methyl sites for hydroxylation is 1. The van der Waals surface area contributed by atoms with Crippen LogP contribution in [0.3, 0.4) is 0 Å². The molecule has 1 aromatic heterocycles. The van der Waals surface area contributed by atoms with Gasteiger partial charge in [0.05, 0.1) is 12.1 Å². The van der Waals surface area contributed by atoms with Crippen molar-refractivity contribution in [2.24, 2.45) is 5.92 Å². The molecule has 2 rings (SSSR count). The Morgan fingerprint density at radius 3 is 2.65 bits per heavy atom. The number of aliphatic hydroxyl groups excluding tert-OH is 1. The van der Waals surface area contributed by atoms with Crippen LogP contribution >= 0.6 is 11.6 Å². The topological polar surface area (TPSA) is 25.2 Å². The number of halogens is 1. The average molecular weight is 252 g/mol. The van der Waals surface area contributed by atoms with E-state index in [0.717, 1.165) is 23.0 Å². The van der Waals surface area contributed by atoms with Gasteiger partial charge < -0.3 is 9.67 Å². The van der Waals surface area contributed by atoms with Crippen LogP contribution < -0.4 is 0 Å². The van der Waals surface area contributed by atoms with Gasteiger partial charge in [0.15, 0.2) is 0 Å². The monoisotopic (exact) mass is 251 g/mol. The summed E-state index contributed by atoms with van der Waals surface area (Å²) in [7, 11) is 0. The number of hydrogen-bond acceptors (Lipinski definition) is 1. The molecule has 0 unspecified atom stereocenters. The van der Waals surface area contributed by atoms with Crippen molar-refractivity contribution in [3.8, 4) is 0 Å². The van der Waals surface area contributed by atoms with Gasteiger partial charge in [-0.25, -0.2) is 0 Å². The average Bonchev–Trinajstić information content (AvgIpc) is 2.52. The summed E-state index contributed by atoms with van der Waals surface area (Å²) >= 11 is 6.37. The second kappa shape index (κ2) is 4.71. The first-order chi connectivity index (χ1) is 8.06. The first-order valence-corrected chi connectivity index (χ1v) is 6.31. The van der Waals surface area contributed by atoms with Crippen LogP contribution in [0.15, 0.2) is 18.2 Å². The van der Waals surface area contributed by atoms with Crippen molar-refractivity contribution in [3.05, 3.63) is 34.5 Å². The second-order valence-corrected chi connectivity index (χ2v) is 5.26. The summed E-state index contributed by atoms with van der Waals surface area (Å²) in [5.41, 5.74) is 3.19. The zero-order valence-electron chi connectivity index (χ0n) is 10.5. The molecule has 0 aliphatic rings. The molecule has 17 heavy (non-hydrogen) atoms. The van der Waals surface area contributed by atoms with Gasteiger partial charge in [0.2, 0.25) is 0 Å². The van der Waals surface area contributed by atoms with E-state index in [2.05, 4.69) is 31.4 Å². The zero-order chi connectivity index (χ0) is 12.6. The van der Waals surface area contributed by atoms with E-state index in [1.165, 1.54) is 5.56 Å². The van der Waals surface area contributed by atoms with Crippen LogP contribution in [0.1, 0.15) is 25.0 Å². The third-order valence-electron chi connectivity index (χ3n) is 3.02. The number of hydrogen-bond donors (Lipinski definition) is 1. The molecule has 0 saturated heterocycles. The Labute approximate surface area is 107 Å². The van der Waals surface area contributed by atoms with Crippen LogP contribution in [0.4, 0.5) is 0 Å². The van der Waals surface area contributed by atoms with E-state index in [1.807, 2.05) is 12.1 Å². The van der Waals surface area contributed by atoms with Crippen molar-refractivity contribution in [2.75, 3.05) is 0 Å². The fourth-order valence-corrected chi connectivity index (χ4v) is 2.64. The van der Waals surface area contributed by atoms with Gasteiger partial charge in [0, 0.05) is 17.5 Å². The number of para-hydroxylation sites is 1. The lowest BCUT2D eigenvalue weighted by Gasteiger charge is -2.11. The summed E-state index contributed by atoms with van der Waals surface area (Å²) < 4.78 is 2.11. The van der Waals surface area contributed by atoms with Crippen LogP contribution in [-0.4, -0.2) is 9.67 Å². The summed E-state index contributed by atoms with van der Waals surface area (Å²) in [5, 5.41) is 11.2. The molecule has 0 fully saturated rings. The number of benzene rings is 1. The first-order valence-electron chi connectivity index (χ1n) is 5.93. The van der Waals surface area contributed by atoms with Gasteiger partial charge in [-0.1, -0.05) is 43.6 Å². The van der Waals surface area contributed by atoms with Crippen LogP contribution in [0, 0.1) is 12.8 Å². The maximum atomic E-state index is 9.46. The van der Waals surface area contributed by atoms with Crippen LogP contribution in [-0.2, 0) is 13.2 Å². The first kappa shape index (κ1) is 12.5. The number of nitrogens with zero attached hydrogens (tertiary/aromatic N) is 1. The minimum absolute atomic E-state index is 0.0100. The lowest BCUT2D eigenvalue weighted by Crippen LogP contribution is -2.05.